The third-order valence-electron chi connectivity index (χ3n) is 9.89. The molecular formula is C26H42Si. The van der Waals surface area contributed by atoms with Gasteiger partial charge < -0.3 is 0 Å². The molecule has 0 amide bonds. The summed E-state index contributed by atoms with van der Waals surface area (Å²) >= 11 is 0. The molecule has 3 saturated carbocycles. The molecule has 0 saturated heterocycles. The van der Waals surface area contributed by atoms with Gasteiger partial charge in [-0.15, -0.1) is 0 Å². The van der Waals surface area contributed by atoms with Crippen LogP contribution in [0.25, 0.3) is 0 Å². The van der Waals surface area contributed by atoms with Gasteiger partial charge in [-0.05, 0) is 66.4 Å². The van der Waals surface area contributed by atoms with Crippen LogP contribution >= 0.6 is 0 Å². The lowest BCUT2D eigenvalue weighted by Gasteiger charge is -2.47. The lowest BCUT2D eigenvalue weighted by atomic mass is 9.81. The van der Waals surface area contributed by atoms with Crippen LogP contribution in [-0.2, 0) is 0 Å². The number of fused-ring (bicyclic) bond motifs is 2. The molecule has 1 heteroatoms. The van der Waals surface area contributed by atoms with E-state index in [0.29, 0.717) is 0 Å². The van der Waals surface area contributed by atoms with Gasteiger partial charge in [0.05, 0.1) is 8.07 Å². The first-order valence-corrected chi connectivity index (χ1v) is 15.5. The Balaban J connectivity index is 1.40. The maximum atomic E-state index is 2.89. The maximum Gasteiger partial charge on any atom is 0.0649 e. The van der Waals surface area contributed by atoms with Crippen molar-refractivity contribution in [3.05, 3.63) is 24.3 Å². The molecule has 6 unspecified atom stereocenters. The summed E-state index contributed by atoms with van der Waals surface area (Å²) < 4.78 is 0. The summed E-state index contributed by atoms with van der Waals surface area (Å²) in [5.41, 5.74) is 2.00. The Kier molecular flexibility index (Phi) is 5.44. The summed E-state index contributed by atoms with van der Waals surface area (Å²) in [5.74, 6) is 5.06. The molecule has 0 aromatic carbocycles. The van der Waals surface area contributed by atoms with Crippen molar-refractivity contribution in [2.45, 2.75) is 107 Å². The largest absolute Gasteiger partial charge is 0.0875 e. The summed E-state index contributed by atoms with van der Waals surface area (Å²) in [6.07, 6.45) is 30.8. The van der Waals surface area contributed by atoms with E-state index in [1.807, 2.05) is 0 Å². The van der Waals surface area contributed by atoms with E-state index in [4.69, 9.17) is 0 Å². The lowest BCUT2D eigenvalue weighted by Crippen LogP contribution is -2.46. The Morgan fingerprint density at radius 1 is 0.630 bits per heavy atom. The molecule has 0 bridgehead atoms. The summed E-state index contributed by atoms with van der Waals surface area (Å²) in [4.78, 5) is 0. The highest BCUT2D eigenvalue weighted by Crippen LogP contribution is 2.59. The molecule has 0 N–H and O–H groups in total. The Morgan fingerprint density at radius 2 is 1.11 bits per heavy atom. The van der Waals surface area contributed by atoms with Gasteiger partial charge in [0.1, 0.15) is 0 Å². The zero-order valence-electron chi connectivity index (χ0n) is 17.8. The van der Waals surface area contributed by atoms with Crippen LogP contribution in [0, 0.1) is 29.6 Å². The molecule has 0 spiro atoms. The molecule has 0 aliphatic heterocycles. The van der Waals surface area contributed by atoms with Gasteiger partial charge in [-0.25, -0.2) is 0 Å². The SMILES string of the molecule is C[Si](CCC1CCCC1)(C1C=CC2CCCCC21)C1C=C[C@@H]2CCCCC12. The smallest absolute Gasteiger partial charge is 0.0649 e. The minimum absolute atomic E-state index is 0.953. The number of hydrogen-bond acceptors (Lipinski definition) is 0. The van der Waals surface area contributed by atoms with Crippen molar-refractivity contribution >= 4 is 8.07 Å². The fourth-order valence-corrected chi connectivity index (χ4v) is 14.4. The molecule has 0 heterocycles. The number of hydrogen-bond donors (Lipinski definition) is 0. The zero-order valence-corrected chi connectivity index (χ0v) is 18.8. The van der Waals surface area contributed by atoms with Crippen LogP contribution in [0.4, 0.5) is 0 Å². The highest BCUT2D eigenvalue weighted by Gasteiger charge is 2.52. The first-order valence-electron chi connectivity index (χ1n) is 12.6. The highest BCUT2D eigenvalue weighted by atomic mass is 28.3. The Hall–Kier alpha value is -0.303. The molecule has 0 radical (unpaired) electrons. The van der Waals surface area contributed by atoms with Crippen LogP contribution < -0.4 is 0 Å². The molecule has 0 nitrogen and oxygen atoms in total. The fourth-order valence-electron chi connectivity index (χ4n) is 8.34. The third kappa shape index (κ3) is 3.45. The third-order valence-corrected chi connectivity index (χ3v) is 15.5. The van der Waals surface area contributed by atoms with Crippen molar-refractivity contribution in [2.24, 2.45) is 29.6 Å². The average Bonchev–Trinajstić information content (AvgIpc) is 3.45. The van der Waals surface area contributed by atoms with Gasteiger partial charge in [-0.3, -0.25) is 0 Å². The molecule has 3 fully saturated rings. The van der Waals surface area contributed by atoms with Crippen LogP contribution in [0.3, 0.4) is 0 Å². The summed E-state index contributed by atoms with van der Waals surface area (Å²) in [5, 5.41) is 0. The second kappa shape index (κ2) is 7.85. The zero-order chi connectivity index (χ0) is 18.3. The first-order chi connectivity index (χ1) is 13.3. The van der Waals surface area contributed by atoms with Gasteiger partial charge >= 0.3 is 0 Å². The van der Waals surface area contributed by atoms with Crippen LogP contribution in [0.5, 0.6) is 0 Å². The van der Waals surface area contributed by atoms with E-state index in [9.17, 15) is 0 Å². The van der Waals surface area contributed by atoms with E-state index >= 15 is 0 Å². The predicted molar refractivity (Wildman–Crippen MR) is 120 cm³/mol. The minimum atomic E-state index is -1.34. The second-order valence-corrected chi connectivity index (χ2v) is 16.1. The summed E-state index contributed by atoms with van der Waals surface area (Å²) in [6.45, 7) is 2.89. The topological polar surface area (TPSA) is 0 Å². The monoisotopic (exact) mass is 382 g/mol. The minimum Gasteiger partial charge on any atom is -0.0875 e. The van der Waals surface area contributed by atoms with Crippen molar-refractivity contribution < 1.29 is 0 Å². The van der Waals surface area contributed by atoms with Crippen molar-refractivity contribution in [3.8, 4) is 0 Å². The van der Waals surface area contributed by atoms with Gasteiger partial charge in [0.2, 0.25) is 0 Å². The van der Waals surface area contributed by atoms with Crippen molar-refractivity contribution in [2.75, 3.05) is 0 Å². The van der Waals surface area contributed by atoms with Gasteiger partial charge in [-0.1, -0.05) is 94.7 Å². The number of allylic oxidation sites excluding steroid dienone is 4. The summed E-state index contributed by atoms with van der Waals surface area (Å²) in [7, 11) is -1.34. The Bertz CT molecular complexity index is 531. The highest BCUT2D eigenvalue weighted by molar-refractivity contribution is 6.82. The van der Waals surface area contributed by atoms with E-state index in [1.54, 1.807) is 38.1 Å². The van der Waals surface area contributed by atoms with Crippen molar-refractivity contribution in [3.63, 3.8) is 0 Å². The predicted octanol–water partition coefficient (Wildman–Crippen LogP) is 8.14. The second-order valence-electron chi connectivity index (χ2n) is 11.2. The fraction of sp³-hybridized carbons (Fsp3) is 0.846. The molecule has 5 rings (SSSR count). The molecule has 150 valence electrons. The van der Waals surface area contributed by atoms with E-state index in [2.05, 4.69) is 30.9 Å². The van der Waals surface area contributed by atoms with E-state index in [1.165, 1.54) is 51.4 Å². The molecule has 5 aliphatic rings. The lowest BCUT2D eigenvalue weighted by molar-refractivity contribution is 0.284. The molecule has 5 aliphatic carbocycles. The Morgan fingerprint density at radius 3 is 1.67 bits per heavy atom. The van der Waals surface area contributed by atoms with Crippen molar-refractivity contribution in [1.29, 1.82) is 0 Å². The van der Waals surface area contributed by atoms with Crippen LogP contribution in [0.2, 0.25) is 23.7 Å². The molecule has 0 aromatic rings. The molecular weight excluding hydrogens is 340 g/mol. The normalized spacial score (nSPS) is 43.6. The van der Waals surface area contributed by atoms with Gasteiger partial charge in [0, 0.05) is 0 Å². The van der Waals surface area contributed by atoms with Crippen molar-refractivity contribution in [1.82, 2.24) is 0 Å². The van der Waals surface area contributed by atoms with Gasteiger partial charge in [0.25, 0.3) is 0 Å². The standard InChI is InChI=1S/C26H42Si/c1-27(19-18-20-8-2-3-9-20,25-16-14-21-10-4-6-12-23(21)25)26-17-15-22-11-5-7-13-24(22)26/h14-17,20-26H,2-13,18-19H2,1H3/t21-,22?,23?,24?,25?,26?,27?/m0/s1. The van der Waals surface area contributed by atoms with E-state index in [-0.39, 0.29) is 0 Å². The van der Waals surface area contributed by atoms with Gasteiger partial charge in [0.15, 0.2) is 0 Å². The molecule has 7 atom stereocenters. The Labute approximate surface area is 169 Å². The van der Waals surface area contributed by atoms with E-state index in [0.717, 1.165) is 40.7 Å². The van der Waals surface area contributed by atoms with Crippen LogP contribution in [0.15, 0.2) is 24.3 Å². The summed E-state index contributed by atoms with van der Waals surface area (Å²) in [6, 6.07) is 1.63. The first kappa shape index (κ1) is 18.7. The van der Waals surface area contributed by atoms with Crippen LogP contribution in [0.1, 0.15) is 83.5 Å². The number of rotatable bonds is 5. The maximum absolute atomic E-state index is 2.89. The van der Waals surface area contributed by atoms with E-state index < -0.39 is 8.07 Å². The average molecular weight is 383 g/mol. The van der Waals surface area contributed by atoms with Crippen LogP contribution in [-0.4, -0.2) is 8.07 Å². The van der Waals surface area contributed by atoms with Gasteiger partial charge in [-0.2, -0.15) is 0 Å². The molecule has 0 aromatic heterocycles. The molecule has 27 heavy (non-hydrogen) atoms. The quantitative estimate of drug-likeness (QED) is 0.332.